The summed E-state index contributed by atoms with van der Waals surface area (Å²) >= 11 is 0. The number of hydrogen-bond donors (Lipinski definition) is 1. The van der Waals surface area contributed by atoms with E-state index in [0.717, 1.165) is 5.56 Å². The van der Waals surface area contributed by atoms with Crippen LogP contribution in [0.5, 0.6) is 5.75 Å². The van der Waals surface area contributed by atoms with Crippen LogP contribution in [0.1, 0.15) is 5.56 Å². The predicted molar refractivity (Wildman–Crippen MR) is 113 cm³/mol. The van der Waals surface area contributed by atoms with Crippen LogP contribution in [0.2, 0.25) is 0 Å². The Bertz CT molecular complexity index is 1520. The Morgan fingerprint density at radius 3 is 2.50 bits per heavy atom. The first-order chi connectivity index (χ1) is 15.3. The summed E-state index contributed by atoms with van der Waals surface area (Å²) in [4.78, 5) is 20.5. The van der Waals surface area contributed by atoms with E-state index in [2.05, 4.69) is 19.8 Å². The molecule has 0 aliphatic heterocycles. The molecular formula is C23H15F3N4O2. The average molecular weight is 436 g/mol. The number of hydrogen-bond acceptors (Lipinski definition) is 4. The largest absolute Gasteiger partial charge is 0.573 e. The van der Waals surface area contributed by atoms with Crippen LogP contribution in [0.3, 0.4) is 0 Å². The fraction of sp³-hybridized carbons (Fsp3) is 0.0870. The average Bonchev–Trinajstić information content (AvgIpc) is 3.19. The van der Waals surface area contributed by atoms with Gasteiger partial charge in [-0.25, -0.2) is 9.50 Å². The smallest absolute Gasteiger partial charge is 0.406 e. The Morgan fingerprint density at radius 2 is 1.75 bits per heavy atom. The second-order valence-electron chi connectivity index (χ2n) is 7.23. The van der Waals surface area contributed by atoms with Crippen LogP contribution < -0.4 is 10.2 Å². The standard InChI is InChI=1S/C23H15F3N4O2/c1-13-20(27-18-5-3-2-4-17(18)21(13)31)22-28-19-12-15(10-11-30(19)29-22)14-6-8-16(9-7-14)32-23(24,25)26/h2-12H,1H3,(H,27,31). The number of nitrogens with zero attached hydrogens (tertiary/aromatic N) is 3. The van der Waals surface area contributed by atoms with Crippen molar-refractivity contribution in [3.8, 4) is 28.4 Å². The number of nitrogens with one attached hydrogen (secondary N) is 1. The number of H-pyrrole nitrogens is 1. The third-order valence-electron chi connectivity index (χ3n) is 5.13. The van der Waals surface area contributed by atoms with E-state index in [4.69, 9.17) is 0 Å². The molecule has 2 aromatic carbocycles. The number of halogens is 3. The molecule has 0 amide bonds. The van der Waals surface area contributed by atoms with Gasteiger partial charge in [0.1, 0.15) is 5.75 Å². The van der Waals surface area contributed by atoms with Crippen molar-refractivity contribution in [2.45, 2.75) is 13.3 Å². The minimum absolute atomic E-state index is 0.0879. The molecule has 32 heavy (non-hydrogen) atoms. The Morgan fingerprint density at radius 1 is 1.00 bits per heavy atom. The van der Waals surface area contributed by atoms with Gasteiger partial charge in [-0.05, 0) is 54.4 Å². The van der Waals surface area contributed by atoms with Gasteiger partial charge in [0.2, 0.25) is 0 Å². The third-order valence-corrected chi connectivity index (χ3v) is 5.13. The van der Waals surface area contributed by atoms with E-state index in [0.29, 0.717) is 39.2 Å². The SMILES string of the molecule is Cc1c(-c2nc3cc(-c4ccc(OC(F)(F)F)cc4)ccn3n2)[nH]c2ccccc2c1=O. The summed E-state index contributed by atoms with van der Waals surface area (Å²) in [6, 6.07) is 16.4. The van der Waals surface area contributed by atoms with Gasteiger partial charge < -0.3 is 9.72 Å². The summed E-state index contributed by atoms with van der Waals surface area (Å²) < 4.78 is 42.6. The van der Waals surface area contributed by atoms with E-state index < -0.39 is 6.36 Å². The van der Waals surface area contributed by atoms with Crippen LogP contribution in [-0.4, -0.2) is 25.9 Å². The first-order valence-corrected chi connectivity index (χ1v) is 9.63. The molecule has 0 bridgehead atoms. The minimum atomic E-state index is -4.74. The molecule has 9 heteroatoms. The quantitative estimate of drug-likeness (QED) is 0.427. The molecule has 160 valence electrons. The zero-order valence-electron chi connectivity index (χ0n) is 16.6. The molecule has 3 heterocycles. The molecular weight excluding hydrogens is 421 g/mol. The Hall–Kier alpha value is -4.14. The molecule has 5 rings (SSSR count). The number of pyridine rings is 2. The molecule has 0 aliphatic carbocycles. The second-order valence-corrected chi connectivity index (χ2v) is 7.23. The van der Waals surface area contributed by atoms with Gasteiger partial charge in [0, 0.05) is 22.7 Å². The lowest BCUT2D eigenvalue weighted by atomic mass is 10.1. The number of rotatable bonds is 3. The van der Waals surface area contributed by atoms with Gasteiger partial charge in [-0.2, -0.15) is 0 Å². The van der Waals surface area contributed by atoms with Crippen molar-refractivity contribution in [3.63, 3.8) is 0 Å². The van der Waals surface area contributed by atoms with Crippen molar-refractivity contribution in [2.75, 3.05) is 0 Å². The third kappa shape index (κ3) is 3.58. The van der Waals surface area contributed by atoms with E-state index in [-0.39, 0.29) is 11.2 Å². The van der Waals surface area contributed by atoms with Crippen molar-refractivity contribution in [1.82, 2.24) is 19.6 Å². The molecule has 0 atom stereocenters. The minimum Gasteiger partial charge on any atom is -0.406 e. The summed E-state index contributed by atoms with van der Waals surface area (Å²) in [6.07, 6.45) is -3.03. The summed E-state index contributed by atoms with van der Waals surface area (Å²) in [5.41, 5.74) is 3.63. The van der Waals surface area contributed by atoms with Gasteiger partial charge in [-0.3, -0.25) is 4.79 Å². The maximum atomic E-state index is 12.7. The molecule has 1 N–H and O–H groups in total. The van der Waals surface area contributed by atoms with Gasteiger partial charge in [0.15, 0.2) is 16.9 Å². The van der Waals surface area contributed by atoms with Crippen LogP contribution in [0.25, 0.3) is 39.2 Å². The van der Waals surface area contributed by atoms with Crippen LogP contribution in [0.4, 0.5) is 13.2 Å². The molecule has 0 spiro atoms. The molecule has 0 radical (unpaired) electrons. The lowest BCUT2D eigenvalue weighted by Crippen LogP contribution is -2.16. The van der Waals surface area contributed by atoms with Gasteiger partial charge in [-0.1, -0.05) is 24.3 Å². The number of para-hydroxylation sites is 1. The zero-order chi connectivity index (χ0) is 22.5. The van der Waals surface area contributed by atoms with Gasteiger partial charge in [0.05, 0.1) is 5.69 Å². The topological polar surface area (TPSA) is 72.3 Å². The molecule has 0 unspecified atom stereocenters. The fourth-order valence-corrected chi connectivity index (χ4v) is 3.57. The van der Waals surface area contributed by atoms with Crippen LogP contribution >= 0.6 is 0 Å². The van der Waals surface area contributed by atoms with E-state index in [9.17, 15) is 18.0 Å². The number of aromatic nitrogens is 4. The summed E-state index contributed by atoms with van der Waals surface area (Å²) in [7, 11) is 0. The van der Waals surface area contributed by atoms with Gasteiger partial charge >= 0.3 is 6.36 Å². The monoisotopic (exact) mass is 436 g/mol. The number of ether oxygens (including phenoxy) is 1. The van der Waals surface area contributed by atoms with Gasteiger partial charge in [-0.15, -0.1) is 18.3 Å². The first-order valence-electron chi connectivity index (χ1n) is 9.63. The van der Waals surface area contributed by atoms with Crippen LogP contribution in [0.15, 0.2) is 71.7 Å². The number of benzene rings is 2. The van der Waals surface area contributed by atoms with Crippen molar-refractivity contribution >= 4 is 16.6 Å². The number of alkyl halides is 3. The van der Waals surface area contributed by atoms with E-state index in [1.54, 1.807) is 35.8 Å². The second kappa shape index (κ2) is 7.23. The molecule has 0 saturated heterocycles. The van der Waals surface area contributed by atoms with E-state index >= 15 is 0 Å². The zero-order valence-corrected chi connectivity index (χ0v) is 16.6. The maximum absolute atomic E-state index is 12.7. The molecule has 0 fully saturated rings. The maximum Gasteiger partial charge on any atom is 0.573 e. The highest BCUT2D eigenvalue weighted by atomic mass is 19.4. The van der Waals surface area contributed by atoms with Crippen LogP contribution in [-0.2, 0) is 0 Å². The fourth-order valence-electron chi connectivity index (χ4n) is 3.57. The number of fused-ring (bicyclic) bond motifs is 2. The van der Waals surface area contributed by atoms with Crippen molar-refractivity contribution < 1.29 is 17.9 Å². The lowest BCUT2D eigenvalue weighted by Gasteiger charge is -2.09. The highest BCUT2D eigenvalue weighted by Gasteiger charge is 2.31. The molecule has 0 saturated carbocycles. The predicted octanol–water partition coefficient (Wildman–Crippen LogP) is 5.11. The highest BCUT2D eigenvalue weighted by Crippen LogP contribution is 2.27. The van der Waals surface area contributed by atoms with Crippen molar-refractivity contribution in [1.29, 1.82) is 0 Å². The van der Waals surface area contributed by atoms with Crippen LogP contribution in [0, 0.1) is 6.92 Å². The Labute approximate surface area is 178 Å². The van der Waals surface area contributed by atoms with Crippen molar-refractivity contribution in [3.05, 3.63) is 82.6 Å². The molecule has 6 nitrogen and oxygen atoms in total. The summed E-state index contributed by atoms with van der Waals surface area (Å²) in [5.74, 6) is 0.0826. The Balaban J connectivity index is 1.53. The molecule has 5 aromatic rings. The Kier molecular flexibility index (Phi) is 4.47. The summed E-state index contributed by atoms with van der Waals surface area (Å²) in [6.45, 7) is 1.72. The lowest BCUT2D eigenvalue weighted by molar-refractivity contribution is -0.274. The van der Waals surface area contributed by atoms with Crippen molar-refractivity contribution in [2.24, 2.45) is 0 Å². The normalized spacial score (nSPS) is 11.9. The number of aromatic amines is 1. The van der Waals surface area contributed by atoms with E-state index in [1.165, 1.54) is 24.3 Å². The summed E-state index contributed by atoms with van der Waals surface area (Å²) in [5, 5.41) is 5.07. The molecule has 3 aromatic heterocycles. The molecule has 0 aliphatic rings. The highest BCUT2D eigenvalue weighted by molar-refractivity contribution is 5.82. The van der Waals surface area contributed by atoms with E-state index in [1.807, 2.05) is 18.2 Å². The first kappa shape index (κ1) is 19.8. The van der Waals surface area contributed by atoms with Gasteiger partial charge in [0.25, 0.3) is 0 Å².